The molecule has 0 fully saturated rings. The minimum absolute atomic E-state index is 0.165. The van der Waals surface area contributed by atoms with Gasteiger partial charge >= 0.3 is 6.03 Å². The van der Waals surface area contributed by atoms with Crippen molar-refractivity contribution in [3.8, 4) is 0 Å². The predicted octanol–water partition coefficient (Wildman–Crippen LogP) is 2.46. The summed E-state index contributed by atoms with van der Waals surface area (Å²) in [5.41, 5.74) is 0.921. The highest BCUT2D eigenvalue weighted by Crippen LogP contribution is 2.06. The molecule has 0 aliphatic rings. The number of amides is 2. The Balaban J connectivity index is 2.13. The molecule has 1 aromatic rings. The standard InChI is InChI=1S/C16H25FN2O2/c1-3-12(2)15(20)11-19-16(21)18-9-5-7-13-6-4-8-14(17)10-13/h4,6,8,10,12,15,20H,3,5,7,9,11H2,1-2H3,(H2,18,19,21). The van der Waals surface area contributed by atoms with Crippen molar-refractivity contribution in [2.45, 2.75) is 39.2 Å². The lowest BCUT2D eigenvalue weighted by molar-refractivity contribution is 0.114. The highest BCUT2D eigenvalue weighted by atomic mass is 19.1. The third kappa shape index (κ3) is 7.09. The largest absolute Gasteiger partial charge is 0.391 e. The molecule has 0 spiro atoms. The van der Waals surface area contributed by atoms with Gasteiger partial charge in [-0.05, 0) is 36.5 Å². The molecule has 3 N–H and O–H groups in total. The summed E-state index contributed by atoms with van der Waals surface area (Å²) in [5.74, 6) is -0.0736. The Morgan fingerprint density at radius 2 is 2.14 bits per heavy atom. The Kier molecular flexibility index (Phi) is 7.75. The molecular formula is C16H25FN2O2. The monoisotopic (exact) mass is 296 g/mol. The Bertz CT molecular complexity index is 440. The summed E-state index contributed by atoms with van der Waals surface area (Å²) in [5, 5.41) is 15.1. The predicted molar refractivity (Wildman–Crippen MR) is 81.6 cm³/mol. The number of aryl methyl sites for hydroxylation is 1. The van der Waals surface area contributed by atoms with E-state index in [1.165, 1.54) is 12.1 Å². The molecule has 2 atom stereocenters. The summed E-state index contributed by atoms with van der Waals surface area (Å²) >= 11 is 0. The van der Waals surface area contributed by atoms with Crippen LogP contribution in [0.25, 0.3) is 0 Å². The van der Waals surface area contributed by atoms with Gasteiger partial charge in [-0.1, -0.05) is 32.4 Å². The lowest BCUT2D eigenvalue weighted by Gasteiger charge is -2.17. The number of aliphatic hydroxyl groups excluding tert-OH is 1. The maximum absolute atomic E-state index is 13.0. The minimum Gasteiger partial charge on any atom is -0.391 e. The molecule has 21 heavy (non-hydrogen) atoms. The highest BCUT2D eigenvalue weighted by molar-refractivity contribution is 5.73. The Hall–Kier alpha value is -1.62. The smallest absolute Gasteiger partial charge is 0.314 e. The Labute approximate surface area is 125 Å². The van der Waals surface area contributed by atoms with Gasteiger partial charge in [-0.3, -0.25) is 0 Å². The number of nitrogens with one attached hydrogen (secondary N) is 2. The first kappa shape index (κ1) is 17.4. The van der Waals surface area contributed by atoms with Gasteiger partial charge in [0.15, 0.2) is 0 Å². The lowest BCUT2D eigenvalue weighted by Crippen LogP contribution is -2.41. The molecular weight excluding hydrogens is 271 g/mol. The number of urea groups is 1. The molecule has 1 aromatic carbocycles. The number of carbonyl (C=O) groups is 1. The van der Waals surface area contributed by atoms with Gasteiger partial charge in [0, 0.05) is 13.1 Å². The van der Waals surface area contributed by atoms with Gasteiger partial charge in [0.05, 0.1) is 6.10 Å². The number of rotatable bonds is 8. The van der Waals surface area contributed by atoms with Crippen LogP contribution in [0.3, 0.4) is 0 Å². The lowest BCUT2D eigenvalue weighted by atomic mass is 10.0. The molecule has 0 radical (unpaired) electrons. The topological polar surface area (TPSA) is 61.4 Å². The SMILES string of the molecule is CCC(C)C(O)CNC(=O)NCCCc1cccc(F)c1. The molecule has 0 aromatic heterocycles. The van der Waals surface area contributed by atoms with Gasteiger partial charge in [0.25, 0.3) is 0 Å². The molecule has 1 rings (SSSR count). The summed E-state index contributed by atoms with van der Waals surface area (Å²) in [4.78, 5) is 11.5. The van der Waals surface area contributed by atoms with Crippen molar-refractivity contribution in [3.05, 3.63) is 35.6 Å². The van der Waals surface area contributed by atoms with E-state index in [0.717, 1.165) is 18.4 Å². The number of benzene rings is 1. The zero-order valence-corrected chi connectivity index (χ0v) is 12.7. The molecule has 2 amide bonds. The van der Waals surface area contributed by atoms with Crippen molar-refractivity contribution in [2.24, 2.45) is 5.92 Å². The Morgan fingerprint density at radius 3 is 2.81 bits per heavy atom. The summed E-state index contributed by atoms with van der Waals surface area (Å²) in [6.07, 6.45) is 1.81. The van der Waals surface area contributed by atoms with Crippen LogP contribution in [0.1, 0.15) is 32.3 Å². The van der Waals surface area contributed by atoms with E-state index in [0.29, 0.717) is 13.0 Å². The van der Waals surface area contributed by atoms with Crippen LogP contribution in [0.4, 0.5) is 9.18 Å². The fourth-order valence-corrected chi connectivity index (χ4v) is 1.92. The van der Waals surface area contributed by atoms with Crippen LogP contribution in [-0.4, -0.2) is 30.3 Å². The molecule has 4 nitrogen and oxygen atoms in total. The zero-order valence-electron chi connectivity index (χ0n) is 12.7. The van der Waals surface area contributed by atoms with Gasteiger partial charge in [-0.2, -0.15) is 0 Å². The molecule has 5 heteroatoms. The third-order valence-corrected chi connectivity index (χ3v) is 3.59. The number of hydrogen-bond donors (Lipinski definition) is 3. The van der Waals surface area contributed by atoms with Crippen LogP contribution in [0.15, 0.2) is 24.3 Å². The van der Waals surface area contributed by atoms with E-state index in [4.69, 9.17) is 0 Å². The fourth-order valence-electron chi connectivity index (χ4n) is 1.92. The van der Waals surface area contributed by atoms with Crippen LogP contribution in [0.5, 0.6) is 0 Å². The average Bonchev–Trinajstić information content (AvgIpc) is 2.48. The van der Waals surface area contributed by atoms with E-state index in [2.05, 4.69) is 10.6 Å². The van der Waals surface area contributed by atoms with Gasteiger partial charge < -0.3 is 15.7 Å². The molecule has 0 aliphatic carbocycles. The first-order chi connectivity index (χ1) is 10.0. The van der Waals surface area contributed by atoms with E-state index in [9.17, 15) is 14.3 Å². The van der Waals surface area contributed by atoms with E-state index in [1.54, 1.807) is 6.07 Å². The summed E-state index contributed by atoms with van der Waals surface area (Å²) in [6.45, 7) is 4.72. The van der Waals surface area contributed by atoms with Gasteiger partial charge in [-0.15, -0.1) is 0 Å². The van der Waals surface area contributed by atoms with Crippen molar-refractivity contribution in [3.63, 3.8) is 0 Å². The molecule has 2 unspecified atom stereocenters. The quantitative estimate of drug-likeness (QED) is 0.645. The maximum Gasteiger partial charge on any atom is 0.314 e. The highest BCUT2D eigenvalue weighted by Gasteiger charge is 2.12. The van der Waals surface area contributed by atoms with Crippen molar-refractivity contribution >= 4 is 6.03 Å². The molecule has 118 valence electrons. The third-order valence-electron chi connectivity index (χ3n) is 3.59. The molecule has 0 saturated heterocycles. The van der Waals surface area contributed by atoms with E-state index < -0.39 is 6.10 Å². The van der Waals surface area contributed by atoms with Crippen molar-refractivity contribution in [1.29, 1.82) is 0 Å². The summed E-state index contributed by atoms with van der Waals surface area (Å²) in [6, 6.07) is 6.18. The van der Waals surface area contributed by atoms with Gasteiger partial charge in [-0.25, -0.2) is 9.18 Å². The van der Waals surface area contributed by atoms with Crippen LogP contribution in [-0.2, 0) is 6.42 Å². The van der Waals surface area contributed by atoms with Crippen molar-refractivity contribution < 1.29 is 14.3 Å². The number of hydrogen-bond acceptors (Lipinski definition) is 2. The first-order valence-corrected chi connectivity index (χ1v) is 7.47. The average molecular weight is 296 g/mol. The summed E-state index contributed by atoms with van der Waals surface area (Å²) in [7, 11) is 0. The van der Waals surface area contributed by atoms with Crippen molar-refractivity contribution in [1.82, 2.24) is 10.6 Å². The van der Waals surface area contributed by atoms with E-state index in [1.807, 2.05) is 19.9 Å². The zero-order chi connectivity index (χ0) is 15.7. The van der Waals surface area contributed by atoms with Gasteiger partial charge in [0.2, 0.25) is 0 Å². The maximum atomic E-state index is 13.0. The fraction of sp³-hybridized carbons (Fsp3) is 0.562. The molecule has 0 bridgehead atoms. The minimum atomic E-state index is -0.520. The molecule has 0 heterocycles. The van der Waals surface area contributed by atoms with Crippen LogP contribution < -0.4 is 10.6 Å². The van der Waals surface area contributed by atoms with Crippen LogP contribution >= 0.6 is 0 Å². The number of carbonyl (C=O) groups excluding carboxylic acids is 1. The first-order valence-electron chi connectivity index (χ1n) is 7.47. The molecule has 0 saturated carbocycles. The second-order valence-corrected chi connectivity index (χ2v) is 5.32. The Morgan fingerprint density at radius 1 is 1.38 bits per heavy atom. The van der Waals surface area contributed by atoms with Crippen LogP contribution in [0.2, 0.25) is 0 Å². The van der Waals surface area contributed by atoms with Gasteiger partial charge in [0.1, 0.15) is 5.82 Å². The molecule has 0 aliphatic heterocycles. The normalized spacial score (nSPS) is 13.5. The second-order valence-electron chi connectivity index (χ2n) is 5.32. The second kappa shape index (κ2) is 9.34. The summed E-state index contributed by atoms with van der Waals surface area (Å²) < 4.78 is 13.0. The van der Waals surface area contributed by atoms with Crippen molar-refractivity contribution in [2.75, 3.05) is 13.1 Å². The van der Waals surface area contributed by atoms with E-state index in [-0.39, 0.29) is 24.3 Å². The number of halogens is 1. The van der Waals surface area contributed by atoms with Crippen LogP contribution in [0, 0.1) is 11.7 Å². The number of aliphatic hydroxyl groups is 1. The van der Waals surface area contributed by atoms with E-state index >= 15 is 0 Å².